The fourth-order valence-electron chi connectivity index (χ4n) is 1.97. The summed E-state index contributed by atoms with van der Waals surface area (Å²) in [6.07, 6.45) is 0.468. The molecule has 0 saturated heterocycles. The lowest BCUT2D eigenvalue weighted by Gasteiger charge is -2.14. The standard InChI is InChI=1S/C15H14Cl2FN/c1-9-2-5-12(14(18)6-9)15(19)7-10-3-4-11(16)8-13(10)17/h2-6,8,15H,7,19H2,1H3. The zero-order valence-corrected chi connectivity index (χ0v) is 12.0. The lowest BCUT2D eigenvalue weighted by Crippen LogP contribution is -2.15. The van der Waals surface area contributed by atoms with Crippen LogP contribution in [0.15, 0.2) is 36.4 Å². The van der Waals surface area contributed by atoms with E-state index in [9.17, 15) is 4.39 Å². The van der Waals surface area contributed by atoms with Gasteiger partial charge in [0.15, 0.2) is 0 Å². The van der Waals surface area contributed by atoms with Gasteiger partial charge in [-0.05, 0) is 42.7 Å². The van der Waals surface area contributed by atoms with Gasteiger partial charge in [-0.25, -0.2) is 4.39 Å². The van der Waals surface area contributed by atoms with Crippen molar-refractivity contribution in [2.75, 3.05) is 0 Å². The van der Waals surface area contributed by atoms with E-state index in [0.717, 1.165) is 11.1 Å². The minimum Gasteiger partial charge on any atom is -0.324 e. The molecule has 19 heavy (non-hydrogen) atoms. The molecule has 1 unspecified atom stereocenters. The second-order valence-corrected chi connectivity index (χ2v) is 5.41. The molecule has 0 aliphatic heterocycles. The summed E-state index contributed by atoms with van der Waals surface area (Å²) in [5, 5.41) is 1.12. The van der Waals surface area contributed by atoms with E-state index in [1.54, 1.807) is 18.2 Å². The summed E-state index contributed by atoms with van der Waals surface area (Å²) in [4.78, 5) is 0. The van der Waals surface area contributed by atoms with Gasteiger partial charge in [0.1, 0.15) is 5.82 Å². The predicted octanol–water partition coefficient (Wildman–Crippen LogP) is 4.68. The average Bonchev–Trinajstić information content (AvgIpc) is 2.32. The maximum atomic E-state index is 13.8. The van der Waals surface area contributed by atoms with Crippen molar-refractivity contribution in [2.24, 2.45) is 5.73 Å². The summed E-state index contributed by atoms with van der Waals surface area (Å²) < 4.78 is 13.8. The van der Waals surface area contributed by atoms with Crippen LogP contribution in [-0.2, 0) is 6.42 Å². The number of halogens is 3. The molecular formula is C15H14Cl2FN. The van der Waals surface area contributed by atoms with Gasteiger partial charge in [-0.1, -0.05) is 41.4 Å². The van der Waals surface area contributed by atoms with Crippen LogP contribution in [0.4, 0.5) is 4.39 Å². The summed E-state index contributed by atoms with van der Waals surface area (Å²) in [5.74, 6) is -0.280. The smallest absolute Gasteiger partial charge is 0.128 e. The number of rotatable bonds is 3. The van der Waals surface area contributed by atoms with Crippen molar-refractivity contribution in [2.45, 2.75) is 19.4 Å². The second-order valence-electron chi connectivity index (χ2n) is 4.57. The first-order valence-corrected chi connectivity index (χ1v) is 6.68. The molecule has 0 radical (unpaired) electrons. The number of hydrogen-bond donors (Lipinski definition) is 1. The zero-order chi connectivity index (χ0) is 14.0. The highest BCUT2D eigenvalue weighted by molar-refractivity contribution is 6.35. The molecule has 0 aromatic heterocycles. The van der Waals surface area contributed by atoms with Crippen LogP contribution in [0.2, 0.25) is 10.0 Å². The van der Waals surface area contributed by atoms with E-state index in [1.165, 1.54) is 6.07 Å². The van der Waals surface area contributed by atoms with Crippen LogP contribution >= 0.6 is 23.2 Å². The Morgan fingerprint density at radius 2 is 1.89 bits per heavy atom. The third-order valence-corrected chi connectivity index (χ3v) is 3.60. The first-order chi connectivity index (χ1) is 8.97. The van der Waals surface area contributed by atoms with Crippen molar-refractivity contribution < 1.29 is 4.39 Å². The lowest BCUT2D eigenvalue weighted by atomic mass is 9.98. The van der Waals surface area contributed by atoms with Gasteiger partial charge in [0.25, 0.3) is 0 Å². The van der Waals surface area contributed by atoms with E-state index in [-0.39, 0.29) is 5.82 Å². The van der Waals surface area contributed by atoms with Gasteiger partial charge in [-0.3, -0.25) is 0 Å². The fraction of sp³-hybridized carbons (Fsp3) is 0.200. The normalized spacial score (nSPS) is 12.5. The van der Waals surface area contributed by atoms with Gasteiger partial charge in [-0.15, -0.1) is 0 Å². The van der Waals surface area contributed by atoms with Gasteiger partial charge in [0.05, 0.1) is 0 Å². The van der Waals surface area contributed by atoms with Gasteiger partial charge in [-0.2, -0.15) is 0 Å². The molecule has 100 valence electrons. The average molecular weight is 298 g/mol. The topological polar surface area (TPSA) is 26.0 Å². The lowest BCUT2D eigenvalue weighted by molar-refractivity contribution is 0.579. The zero-order valence-electron chi connectivity index (χ0n) is 10.5. The predicted molar refractivity (Wildman–Crippen MR) is 78.2 cm³/mol. The largest absolute Gasteiger partial charge is 0.324 e. The molecule has 0 fully saturated rings. The van der Waals surface area contributed by atoms with E-state index in [4.69, 9.17) is 28.9 Å². The molecule has 0 aliphatic carbocycles. The molecule has 1 nitrogen and oxygen atoms in total. The Morgan fingerprint density at radius 3 is 2.53 bits per heavy atom. The molecule has 4 heteroatoms. The number of aryl methyl sites for hydroxylation is 1. The van der Waals surface area contributed by atoms with Crippen molar-refractivity contribution >= 4 is 23.2 Å². The Labute approximate surface area is 122 Å². The van der Waals surface area contributed by atoms with Crippen LogP contribution in [0.1, 0.15) is 22.7 Å². The molecule has 2 aromatic rings. The van der Waals surface area contributed by atoms with Crippen LogP contribution < -0.4 is 5.73 Å². The Morgan fingerprint density at radius 1 is 1.16 bits per heavy atom. The fourth-order valence-corrected chi connectivity index (χ4v) is 2.45. The van der Waals surface area contributed by atoms with E-state index in [0.29, 0.717) is 22.0 Å². The Bertz CT molecular complexity index is 599. The van der Waals surface area contributed by atoms with Crippen molar-refractivity contribution in [3.05, 3.63) is 69.0 Å². The molecule has 2 rings (SSSR count). The van der Waals surface area contributed by atoms with E-state index < -0.39 is 6.04 Å². The monoisotopic (exact) mass is 297 g/mol. The van der Waals surface area contributed by atoms with Crippen molar-refractivity contribution in [1.82, 2.24) is 0 Å². The third-order valence-electron chi connectivity index (χ3n) is 3.01. The summed E-state index contributed by atoms with van der Waals surface area (Å²) in [7, 11) is 0. The van der Waals surface area contributed by atoms with Gasteiger partial charge in [0, 0.05) is 21.7 Å². The van der Waals surface area contributed by atoms with Crippen molar-refractivity contribution in [3.63, 3.8) is 0 Å². The Kier molecular flexibility index (Phi) is 4.46. The molecular weight excluding hydrogens is 284 g/mol. The summed E-state index contributed by atoms with van der Waals surface area (Å²) in [6.45, 7) is 1.84. The minimum atomic E-state index is -0.431. The highest BCUT2D eigenvalue weighted by Gasteiger charge is 2.14. The van der Waals surface area contributed by atoms with E-state index in [1.807, 2.05) is 19.1 Å². The molecule has 0 saturated carbocycles. The van der Waals surface area contributed by atoms with E-state index >= 15 is 0 Å². The van der Waals surface area contributed by atoms with Gasteiger partial charge in [0.2, 0.25) is 0 Å². The highest BCUT2D eigenvalue weighted by Crippen LogP contribution is 2.26. The third kappa shape index (κ3) is 3.47. The first-order valence-electron chi connectivity index (χ1n) is 5.93. The first kappa shape index (κ1) is 14.3. The highest BCUT2D eigenvalue weighted by atomic mass is 35.5. The SMILES string of the molecule is Cc1ccc(C(N)Cc2ccc(Cl)cc2Cl)c(F)c1. The molecule has 2 aromatic carbocycles. The molecule has 0 aliphatic rings. The summed E-state index contributed by atoms with van der Waals surface area (Å²) >= 11 is 11.9. The Hall–Kier alpha value is -1.09. The van der Waals surface area contributed by atoms with Crippen LogP contribution in [0.5, 0.6) is 0 Å². The van der Waals surface area contributed by atoms with Gasteiger partial charge >= 0.3 is 0 Å². The molecule has 0 heterocycles. The summed E-state index contributed by atoms with van der Waals surface area (Å²) in [5.41, 5.74) is 8.28. The minimum absolute atomic E-state index is 0.280. The summed E-state index contributed by atoms with van der Waals surface area (Å²) in [6, 6.07) is 9.85. The van der Waals surface area contributed by atoms with Crippen LogP contribution in [-0.4, -0.2) is 0 Å². The van der Waals surface area contributed by atoms with Crippen LogP contribution in [0.25, 0.3) is 0 Å². The van der Waals surface area contributed by atoms with Gasteiger partial charge < -0.3 is 5.73 Å². The van der Waals surface area contributed by atoms with E-state index in [2.05, 4.69) is 0 Å². The number of hydrogen-bond acceptors (Lipinski definition) is 1. The van der Waals surface area contributed by atoms with Crippen LogP contribution in [0, 0.1) is 12.7 Å². The molecule has 1 atom stereocenters. The quantitative estimate of drug-likeness (QED) is 0.874. The molecule has 0 amide bonds. The molecule has 2 N–H and O–H groups in total. The van der Waals surface area contributed by atoms with Crippen molar-refractivity contribution in [1.29, 1.82) is 0 Å². The second kappa shape index (κ2) is 5.91. The maximum absolute atomic E-state index is 13.8. The van der Waals surface area contributed by atoms with Crippen LogP contribution in [0.3, 0.4) is 0 Å². The Balaban J connectivity index is 2.23. The number of nitrogens with two attached hydrogens (primary N) is 1. The van der Waals surface area contributed by atoms with Crippen molar-refractivity contribution in [3.8, 4) is 0 Å². The molecule has 0 bridgehead atoms. The molecule has 0 spiro atoms. The number of benzene rings is 2. The maximum Gasteiger partial charge on any atom is 0.128 e.